The molecule has 0 amide bonds. The van der Waals surface area contributed by atoms with Gasteiger partial charge in [-0.25, -0.2) is 0 Å². The molecular weight excluding hydrogens is 430 g/mol. The van der Waals surface area contributed by atoms with Gasteiger partial charge in [-0.1, -0.05) is 48.8 Å². The zero-order chi connectivity index (χ0) is 17.1. The van der Waals surface area contributed by atoms with Gasteiger partial charge in [-0.05, 0) is 6.42 Å². The number of unbranched alkanes of at least 4 members (excludes halogenated alkanes) is 2. The summed E-state index contributed by atoms with van der Waals surface area (Å²) in [6.45, 7) is 1.80. The molecule has 128 valence electrons. The summed E-state index contributed by atoms with van der Waals surface area (Å²) in [5.41, 5.74) is 0. The maximum Gasteiger partial charge on any atom is 0.460 e. The summed E-state index contributed by atoms with van der Waals surface area (Å²) in [7, 11) is 0. The van der Waals surface area contributed by atoms with Gasteiger partial charge in [0.15, 0.2) is 0 Å². The summed E-state index contributed by atoms with van der Waals surface area (Å²) < 4.78 is 112. The fourth-order valence-electron chi connectivity index (χ4n) is 1.53. The highest BCUT2D eigenvalue weighted by Crippen LogP contribution is 2.54. The van der Waals surface area contributed by atoms with Crippen LogP contribution >= 0.6 is 22.6 Å². The lowest BCUT2D eigenvalue weighted by Gasteiger charge is -2.34. The van der Waals surface area contributed by atoms with Crippen LogP contribution in [0.4, 0.5) is 39.5 Å². The third-order valence-corrected chi connectivity index (χ3v) is 3.87. The van der Waals surface area contributed by atoms with Crippen LogP contribution in [-0.4, -0.2) is 27.9 Å². The van der Waals surface area contributed by atoms with Crippen LogP contribution in [0.3, 0.4) is 0 Å². The van der Waals surface area contributed by atoms with Crippen molar-refractivity contribution < 1.29 is 39.5 Å². The summed E-state index contributed by atoms with van der Waals surface area (Å²) in [6, 6.07) is 0. The summed E-state index contributed by atoms with van der Waals surface area (Å²) in [4.78, 5) is 0. The largest absolute Gasteiger partial charge is 0.460 e. The van der Waals surface area contributed by atoms with Gasteiger partial charge in [0.1, 0.15) is 0 Å². The molecular formula is C11H14F9I. The minimum atomic E-state index is -6.79. The van der Waals surface area contributed by atoms with Gasteiger partial charge in [0.25, 0.3) is 0 Å². The van der Waals surface area contributed by atoms with Gasteiger partial charge in [0.2, 0.25) is 0 Å². The third-order valence-electron chi connectivity index (χ3n) is 2.81. The molecule has 0 rings (SSSR count). The van der Waals surface area contributed by atoms with Crippen LogP contribution in [0.25, 0.3) is 0 Å². The number of hydrogen-bond acceptors (Lipinski definition) is 0. The Bertz CT molecular complexity index is 324. The van der Waals surface area contributed by atoms with Gasteiger partial charge >= 0.3 is 23.9 Å². The summed E-state index contributed by atoms with van der Waals surface area (Å²) in [5, 5.41) is 0. The predicted octanol–water partition coefficient (Wildman–Crippen LogP) is 6.23. The molecule has 0 aliphatic rings. The van der Waals surface area contributed by atoms with Crippen molar-refractivity contribution in [1.29, 1.82) is 0 Å². The number of rotatable bonds is 8. The second kappa shape index (κ2) is 7.12. The Balaban J connectivity index is 5.03. The summed E-state index contributed by atoms with van der Waals surface area (Å²) >= 11 is 1.36. The van der Waals surface area contributed by atoms with E-state index < -0.39 is 34.3 Å². The Hall–Kier alpha value is 0.1000. The van der Waals surface area contributed by atoms with Crippen molar-refractivity contribution in [1.82, 2.24) is 0 Å². The smallest absolute Gasteiger partial charge is 0.200 e. The van der Waals surface area contributed by atoms with E-state index >= 15 is 0 Å². The third kappa shape index (κ3) is 4.78. The molecule has 21 heavy (non-hydrogen) atoms. The highest BCUT2D eigenvalue weighted by atomic mass is 127. The molecule has 0 saturated carbocycles. The molecule has 0 saturated heterocycles. The van der Waals surface area contributed by atoms with Gasteiger partial charge in [0.05, 0.1) is 0 Å². The van der Waals surface area contributed by atoms with Crippen molar-refractivity contribution >= 4 is 22.6 Å². The van der Waals surface area contributed by atoms with Crippen LogP contribution in [0.2, 0.25) is 0 Å². The number of alkyl halides is 10. The lowest BCUT2D eigenvalue weighted by atomic mass is 9.98. The van der Waals surface area contributed by atoms with Gasteiger partial charge in [-0.2, -0.15) is 39.5 Å². The minimum absolute atomic E-state index is 0.0393. The van der Waals surface area contributed by atoms with E-state index in [1.54, 1.807) is 6.92 Å². The van der Waals surface area contributed by atoms with Crippen molar-refractivity contribution in [2.45, 2.75) is 66.9 Å². The average Bonchev–Trinajstić information content (AvgIpc) is 2.26. The van der Waals surface area contributed by atoms with E-state index in [1.165, 1.54) is 22.6 Å². The van der Waals surface area contributed by atoms with Gasteiger partial charge in [-0.15, -0.1) is 0 Å². The molecule has 0 spiro atoms. The topological polar surface area (TPSA) is 0 Å². The van der Waals surface area contributed by atoms with E-state index in [9.17, 15) is 39.5 Å². The summed E-state index contributed by atoms with van der Waals surface area (Å²) in [5.74, 6) is -18.7. The first-order valence-corrected chi connectivity index (χ1v) is 7.29. The SMILES string of the molecule is CCCCCC(I)CC(F)(F)C(F)(F)C(F)(F)C(F)(F)F. The Morgan fingerprint density at radius 3 is 1.67 bits per heavy atom. The van der Waals surface area contributed by atoms with Crippen LogP contribution in [0.5, 0.6) is 0 Å². The molecule has 0 nitrogen and oxygen atoms in total. The van der Waals surface area contributed by atoms with Gasteiger partial charge in [-0.3, -0.25) is 0 Å². The van der Waals surface area contributed by atoms with E-state index in [1.807, 2.05) is 0 Å². The van der Waals surface area contributed by atoms with Crippen LogP contribution < -0.4 is 0 Å². The van der Waals surface area contributed by atoms with Crippen molar-refractivity contribution in [2.75, 3.05) is 0 Å². The highest BCUT2D eigenvalue weighted by molar-refractivity contribution is 14.1. The van der Waals surface area contributed by atoms with Crippen molar-refractivity contribution in [3.8, 4) is 0 Å². The van der Waals surface area contributed by atoms with Crippen molar-refractivity contribution in [3.05, 3.63) is 0 Å². The lowest BCUT2D eigenvalue weighted by molar-refractivity contribution is -0.396. The number of hydrogen-bond donors (Lipinski definition) is 0. The molecule has 0 aromatic heterocycles. The van der Waals surface area contributed by atoms with Gasteiger partial charge < -0.3 is 0 Å². The molecule has 0 aliphatic carbocycles. The molecule has 0 bridgehead atoms. The van der Waals surface area contributed by atoms with Crippen LogP contribution in [0.15, 0.2) is 0 Å². The lowest BCUT2D eigenvalue weighted by Crippen LogP contribution is -2.61. The fraction of sp³-hybridized carbons (Fsp3) is 1.00. The van der Waals surface area contributed by atoms with Crippen LogP contribution in [0, 0.1) is 0 Å². The van der Waals surface area contributed by atoms with E-state index in [2.05, 4.69) is 0 Å². The molecule has 0 N–H and O–H groups in total. The number of halogens is 10. The zero-order valence-corrected chi connectivity index (χ0v) is 13.1. The molecule has 0 fully saturated rings. The first kappa shape index (κ1) is 21.1. The molecule has 1 unspecified atom stereocenters. The molecule has 0 aromatic rings. The van der Waals surface area contributed by atoms with E-state index in [0.717, 1.165) is 6.42 Å². The molecule has 0 aromatic carbocycles. The summed E-state index contributed by atoms with van der Waals surface area (Å²) in [6.07, 6.45) is -6.69. The maximum absolute atomic E-state index is 13.3. The second-order valence-electron chi connectivity index (χ2n) is 4.65. The Labute approximate surface area is 129 Å². The quantitative estimate of drug-likeness (QED) is 0.180. The minimum Gasteiger partial charge on any atom is -0.200 e. The Morgan fingerprint density at radius 2 is 1.29 bits per heavy atom. The van der Waals surface area contributed by atoms with Crippen LogP contribution in [-0.2, 0) is 0 Å². The maximum atomic E-state index is 13.3. The van der Waals surface area contributed by atoms with Gasteiger partial charge in [0, 0.05) is 10.3 Å². The normalized spacial score (nSPS) is 16.1. The molecule has 1 atom stereocenters. The first-order chi connectivity index (χ1) is 9.20. The molecule has 0 radical (unpaired) electrons. The highest BCUT2D eigenvalue weighted by Gasteiger charge is 2.81. The molecule has 0 aliphatic heterocycles. The average molecular weight is 444 g/mol. The molecule has 0 heterocycles. The molecule has 10 heteroatoms. The zero-order valence-electron chi connectivity index (χ0n) is 10.9. The van der Waals surface area contributed by atoms with E-state index in [0.29, 0.717) is 12.8 Å². The standard InChI is InChI=1S/C11H14F9I/c1-2-3-4-5-7(21)6-8(12,13)9(14,15)10(16,17)11(18,19)20/h7H,2-6H2,1H3. The fourth-order valence-corrected chi connectivity index (χ4v) is 2.53. The monoisotopic (exact) mass is 444 g/mol. The van der Waals surface area contributed by atoms with Crippen molar-refractivity contribution in [3.63, 3.8) is 0 Å². The van der Waals surface area contributed by atoms with E-state index in [-0.39, 0.29) is 6.42 Å². The Morgan fingerprint density at radius 1 is 0.810 bits per heavy atom. The predicted molar refractivity (Wildman–Crippen MR) is 67.5 cm³/mol. The van der Waals surface area contributed by atoms with E-state index in [4.69, 9.17) is 0 Å². The van der Waals surface area contributed by atoms with Crippen molar-refractivity contribution in [2.24, 2.45) is 0 Å². The first-order valence-electron chi connectivity index (χ1n) is 6.05. The second-order valence-corrected chi connectivity index (χ2v) is 6.41. The van der Waals surface area contributed by atoms with Crippen LogP contribution in [0.1, 0.15) is 39.0 Å². The Kier molecular flexibility index (Phi) is 7.15.